The Hall–Kier alpha value is -4.36. The molecule has 14 heteroatoms. The molecule has 4 amide bonds. The van der Waals surface area contributed by atoms with Gasteiger partial charge in [-0.25, -0.2) is 4.68 Å². The van der Waals surface area contributed by atoms with Gasteiger partial charge in [0.2, 0.25) is 17.6 Å². The van der Waals surface area contributed by atoms with Crippen LogP contribution in [-0.2, 0) is 32.8 Å². The fourth-order valence-corrected chi connectivity index (χ4v) is 7.17. The molecule has 1 atom stereocenters. The summed E-state index contributed by atoms with van der Waals surface area (Å²) in [4.78, 5) is 76.5. The number of hydrogen-bond donors (Lipinski definition) is 4. The number of anilines is 1. The van der Waals surface area contributed by atoms with Crippen molar-refractivity contribution >= 4 is 35.1 Å². The Labute approximate surface area is 248 Å². The van der Waals surface area contributed by atoms with Crippen LogP contribution < -0.4 is 26.8 Å². The Kier molecular flexibility index (Phi) is 9.02. The van der Waals surface area contributed by atoms with Crippen molar-refractivity contribution in [3.8, 4) is 0 Å². The number of hydrogen-bond acceptors (Lipinski definition) is 8. The first-order valence-electron chi connectivity index (χ1n) is 14.9. The van der Waals surface area contributed by atoms with Gasteiger partial charge >= 0.3 is 0 Å². The molecular weight excluding hydrogens is 556 g/mol. The first-order chi connectivity index (χ1) is 20.6. The lowest BCUT2D eigenvalue weighted by Gasteiger charge is -2.54. The molecule has 0 aliphatic heterocycles. The summed E-state index contributed by atoms with van der Waals surface area (Å²) in [5.41, 5.74) is -0.609. The summed E-state index contributed by atoms with van der Waals surface area (Å²) in [7, 11) is 1.50. The van der Waals surface area contributed by atoms with E-state index in [4.69, 9.17) is 0 Å². The second-order valence-corrected chi connectivity index (χ2v) is 12.0. The maximum Gasteiger partial charge on any atom is 0.287 e. The van der Waals surface area contributed by atoms with Crippen LogP contribution in [0.15, 0.2) is 29.3 Å². The molecule has 2 aromatic rings. The number of Topliss-reactive ketones (excluding diaryl/α,β-unsaturated/α-hetero) is 1. The lowest BCUT2D eigenvalue weighted by atomic mass is 9.54. The second kappa shape index (κ2) is 12.9. The second-order valence-electron chi connectivity index (χ2n) is 12.0. The highest BCUT2D eigenvalue weighted by Crippen LogP contribution is 2.53. The summed E-state index contributed by atoms with van der Waals surface area (Å²) in [5, 5.41) is 18.0. The van der Waals surface area contributed by atoms with Crippen molar-refractivity contribution in [3.63, 3.8) is 0 Å². The van der Waals surface area contributed by atoms with Crippen LogP contribution in [0.2, 0.25) is 0 Å². The topological polar surface area (TPSA) is 186 Å². The molecule has 4 bridgehead atoms. The van der Waals surface area contributed by atoms with Crippen LogP contribution >= 0.6 is 0 Å². The third kappa shape index (κ3) is 6.83. The van der Waals surface area contributed by atoms with Crippen LogP contribution in [0.1, 0.15) is 62.4 Å². The van der Waals surface area contributed by atoms with Crippen LogP contribution in [0.3, 0.4) is 0 Å². The molecule has 230 valence electrons. The quantitative estimate of drug-likeness (QED) is 0.250. The van der Waals surface area contributed by atoms with Crippen molar-refractivity contribution in [1.29, 1.82) is 0 Å². The largest absolute Gasteiger partial charge is 0.351 e. The van der Waals surface area contributed by atoms with Crippen LogP contribution in [-0.4, -0.2) is 67.6 Å². The smallest absolute Gasteiger partial charge is 0.287 e. The SMILES string of the molecule is CCNC(=O)C(=O)CC[C@H](NC(=O)c1cnnn1C)C(=O)Nc1cccn(CC(=O)NC2C3CC4CC(C3)CC2C4)c1=O. The van der Waals surface area contributed by atoms with Crippen LogP contribution in [0.25, 0.3) is 0 Å². The van der Waals surface area contributed by atoms with Gasteiger partial charge in [-0.05, 0) is 81.3 Å². The lowest BCUT2D eigenvalue weighted by Crippen LogP contribution is -2.56. The van der Waals surface area contributed by atoms with Crippen LogP contribution in [0, 0.1) is 23.7 Å². The van der Waals surface area contributed by atoms with Crippen molar-refractivity contribution in [2.75, 3.05) is 11.9 Å². The van der Waals surface area contributed by atoms with E-state index in [9.17, 15) is 28.8 Å². The van der Waals surface area contributed by atoms with Gasteiger partial charge in [0.1, 0.15) is 24.0 Å². The number of nitrogens with zero attached hydrogens (tertiary/aromatic N) is 4. The third-order valence-corrected chi connectivity index (χ3v) is 8.97. The van der Waals surface area contributed by atoms with E-state index in [0.717, 1.165) is 37.5 Å². The van der Waals surface area contributed by atoms with E-state index in [1.807, 2.05) is 0 Å². The molecule has 2 heterocycles. The molecular formula is C29H38N8O6. The molecule has 4 fully saturated rings. The van der Waals surface area contributed by atoms with E-state index in [1.54, 1.807) is 13.0 Å². The Morgan fingerprint density at radius 1 is 1.05 bits per heavy atom. The average Bonchev–Trinajstić information content (AvgIpc) is 3.40. The van der Waals surface area contributed by atoms with E-state index in [2.05, 4.69) is 31.6 Å². The molecule has 4 aliphatic carbocycles. The number of amides is 4. The van der Waals surface area contributed by atoms with Gasteiger partial charge in [0.05, 0.1) is 6.20 Å². The van der Waals surface area contributed by atoms with E-state index in [0.29, 0.717) is 11.8 Å². The van der Waals surface area contributed by atoms with E-state index in [-0.39, 0.29) is 49.3 Å². The molecule has 0 unspecified atom stereocenters. The predicted octanol–water partition coefficient (Wildman–Crippen LogP) is 0.140. The molecule has 2 aromatic heterocycles. The summed E-state index contributed by atoms with van der Waals surface area (Å²) in [5.74, 6) is -0.676. The molecule has 0 spiro atoms. The number of carbonyl (C=O) groups excluding carboxylic acids is 5. The lowest BCUT2D eigenvalue weighted by molar-refractivity contribution is -0.138. The van der Waals surface area contributed by atoms with E-state index < -0.39 is 35.1 Å². The Bertz CT molecular complexity index is 1440. The van der Waals surface area contributed by atoms with Crippen LogP contribution in [0.5, 0.6) is 0 Å². The standard InChI is InChI=1S/C29H38N8O6/c1-3-30-28(42)23(38)7-6-20(32-27(41)22-14-31-35-36(22)2)26(40)33-21-5-4-8-37(29(21)43)15-24(39)34-25-18-10-16-9-17(12-18)13-19(25)11-16/h4-5,8,14,16-20,25H,3,6-7,9-13,15H2,1-2H3,(H,30,42)(H,32,41)(H,33,40)(H,34,39)/t16?,17?,18?,19?,20-,25?/m0/s1. The minimum absolute atomic E-state index is 0.0695. The molecule has 0 saturated heterocycles. The van der Waals surface area contributed by atoms with Gasteiger partial charge in [-0.2, -0.15) is 0 Å². The van der Waals surface area contributed by atoms with Crippen molar-refractivity contribution in [3.05, 3.63) is 40.6 Å². The normalized spacial score (nSPS) is 24.2. The molecule has 0 aromatic carbocycles. The Morgan fingerprint density at radius 3 is 2.37 bits per heavy atom. The van der Waals surface area contributed by atoms with Crippen molar-refractivity contribution in [1.82, 2.24) is 35.5 Å². The third-order valence-electron chi connectivity index (χ3n) is 8.97. The zero-order chi connectivity index (χ0) is 30.7. The molecule has 43 heavy (non-hydrogen) atoms. The zero-order valence-corrected chi connectivity index (χ0v) is 24.4. The number of aryl methyl sites for hydroxylation is 1. The Balaban J connectivity index is 1.24. The highest BCUT2D eigenvalue weighted by atomic mass is 16.2. The summed E-state index contributed by atoms with van der Waals surface area (Å²) >= 11 is 0. The van der Waals surface area contributed by atoms with Gasteiger partial charge in [-0.3, -0.25) is 28.8 Å². The molecule has 6 rings (SSSR count). The summed E-state index contributed by atoms with van der Waals surface area (Å²) in [6, 6.07) is 1.81. The van der Waals surface area contributed by atoms with E-state index in [1.165, 1.54) is 41.2 Å². The Morgan fingerprint density at radius 2 is 1.74 bits per heavy atom. The summed E-state index contributed by atoms with van der Waals surface area (Å²) in [6.07, 6.45) is 8.11. The number of aromatic nitrogens is 4. The average molecular weight is 595 g/mol. The van der Waals surface area contributed by atoms with Gasteiger partial charge < -0.3 is 25.8 Å². The van der Waals surface area contributed by atoms with Crippen LogP contribution in [0.4, 0.5) is 5.69 Å². The monoisotopic (exact) mass is 594 g/mol. The maximum atomic E-state index is 13.3. The number of likely N-dealkylation sites (N-methyl/N-ethyl adjacent to an activating group) is 1. The van der Waals surface area contributed by atoms with Gasteiger partial charge in [-0.1, -0.05) is 5.21 Å². The maximum absolute atomic E-state index is 13.3. The molecule has 4 N–H and O–H groups in total. The number of rotatable bonds is 12. The molecule has 4 saturated carbocycles. The summed E-state index contributed by atoms with van der Waals surface area (Å²) < 4.78 is 2.45. The number of carbonyl (C=O) groups is 5. The highest BCUT2D eigenvalue weighted by molar-refractivity contribution is 6.36. The molecule has 4 aliphatic rings. The first kappa shape index (κ1) is 30.1. The number of nitrogens with one attached hydrogen (secondary N) is 4. The molecule has 14 nitrogen and oxygen atoms in total. The van der Waals surface area contributed by atoms with Crippen molar-refractivity contribution < 1.29 is 24.0 Å². The highest BCUT2D eigenvalue weighted by Gasteiger charge is 2.48. The minimum atomic E-state index is -1.27. The molecule has 0 radical (unpaired) electrons. The van der Waals surface area contributed by atoms with Crippen molar-refractivity contribution in [2.24, 2.45) is 30.7 Å². The van der Waals surface area contributed by atoms with E-state index >= 15 is 0 Å². The number of ketones is 1. The summed E-state index contributed by atoms with van der Waals surface area (Å²) in [6.45, 7) is 1.74. The fraction of sp³-hybridized carbons (Fsp3) is 0.586. The fourth-order valence-electron chi connectivity index (χ4n) is 7.17. The first-order valence-corrected chi connectivity index (χ1v) is 14.9. The minimum Gasteiger partial charge on any atom is -0.351 e. The zero-order valence-electron chi connectivity index (χ0n) is 24.4. The van der Waals surface area contributed by atoms with Gasteiger partial charge in [0.15, 0.2) is 0 Å². The van der Waals surface area contributed by atoms with Gasteiger partial charge in [-0.15, -0.1) is 5.10 Å². The predicted molar refractivity (Wildman–Crippen MR) is 153 cm³/mol. The van der Waals surface area contributed by atoms with Gasteiger partial charge in [0.25, 0.3) is 17.4 Å². The van der Waals surface area contributed by atoms with Crippen molar-refractivity contribution in [2.45, 2.75) is 70.5 Å². The van der Waals surface area contributed by atoms with Gasteiger partial charge in [0, 0.05) is 32.3 Å². The number of pyridine rings is 1.